The number of hydrogen-bond acceptors (Lipinski definition) is 5. The minimum atomic E-state index is -4.39. The Morgan fingerprint density at radius 3 is 2.11 bits per heavy atom. The van der Waals surface area contributed by atoms with E-state index in [1.807, 2.05) is 49.4 Å². The molecular formula is C36H37Cl2F3O4S. The molecule has 4 rings (SSSR count). The van der Waals surface area contributed by atoms with Gasteiger partial charge in [0.1, 0.15) is 16.4 Å². The van der Waals surface area contributed by atoms with E-state index < -0.39 is 28.9 Å². The fourth-order valence-corrected chi connectivity index (χ4v) is 6.11. The highest BCUT2D eigenvalue weighted by molar-refractivity contribution is 7.15. The maximum absolute atomic E-state index is 13.1. The van der Waals surface area contributed by atoms with Gasteiger partial charge in [-0.3, -0.25) is 0 Å². The van der Waals surface area contributed by atoms with Gasteiger partial charge in [-0.2, -0.15) is 13.2 Å². The van der Waals surface area contributed by atoms with E-state index in [0.29, 0.717) is 30.0 Å². The summed E-state index contributed by atoms with van der Waals surface area (Å²) in [7, 11) is 0. The van der Waals surface area contributed by atoms with Gasteiger partial charge in [0.25, 0.3) is 0 Å². The third-order valence-corrected chi connectivity index (χ3v) is 9.20. The van der Waals surface area contributed by atoms with Crippen molar-refractivity contribution in [2.45, 2.75) is 84.5 Å². The molecule has 4 nitrogen and oxygen atoms in total. The van der Waals surface area contributed by atoms with E-state index in [4.69, 9.17) is 37.4 Å². The summed E-state index contributed by atoms with van der Waals surface area (Å²) >= 11 is 14.8. The van der Waals surface area contributed by atoms with Gasteiger partial charge in [-0.25, -0.2) is 4.79 Å². The summed E-state index contributed by atoms with van der Waals surface area (Å²) in [6.07, 6.45) is -3.65. The average Bonchev–Trinajstić information content (AvgIpc) is 3.46. The van der Waals surface area contributed by atoms with Gasteiger partial charge in [-0.15, -0.1) is 11.3 Å². The molecule has 0 aliphatic heterocycles. The van der Waals surface area contributed by atoms with Gasteiger partial charge in [0.05, 0.1) is 23.3 Å². The summed E-state index contributed by atoms with van der Waals surface area (Å²) in [6, 6.07) is 20.6. The first kappa shape index (κ1) is 35.8. The smallest absolute Gasteiger partial charge is 0.416 e. The van der Waals surface area contributed by atoms with Gasteiger partial charge in [0.15, 0.2) is 5.60 Å². The molecule has 3 aromatic carbocycles. The van der Waals surface area contributed by atoms with Crippen molar-refractivity contribution in [3.8, 4) is 16.2 Å². The Balaban J connectivity index is 1.53. The lowest BCUT2D eigenvalue weighted by atomic mass is 10.0. The molecule has 0 saturated carbocycles. The van der Waals surface area contributed by atoms with Gasteiger partial charge < -0.3 is 14.2 Å². The van der Waals surface area contributed by atoms with Crippen molar-refractivity contribution < 1.29 is 32.2 Å². The predicted octanol–water partition coefficient (Wildman–Crippen LogP) is 11.4. The molecule has 0 aliphatic rings. The highest BCUT2D eigenvalue weighted by Crippen LogP contribution is 2.40. The fourth-order valence-electron chi connectivity index (χ4n) is 4.54. The van der Waals surface area contributed by atoms with E-state index in [1.165, 1.54) is 23.5 Å². The Bertz CT molecular complexity index is 1640. The zero-order valence-corrected chi connectivity index (χ0v) is 28.9. The predicted molar refractivity (Wildman–Crippen MR) is 179 cm³/mol. The van der Waals surface area contributed by atoms with Crippen molar-refractivity contribution >= 4 is 40.5 Å². The molecule has 0 aliphatic carbocycles. The van der Waals surface area contributed by atoms with Crippen LogP contribution in [0.3, 0.4) is 0 Å². The molecule has 1 heterocycles. The second-order valence-corrected chi connectivity index (χ2v) is 14.4. The van der Waals surface area contributed by atoms with E-state index in [-0.39, 0.29) is 16.9 Å². The number of ether oxygens (including phenoxy) is 3. The zero-order chi connectivity index (χ0) is 33.9. The van der Waals surface area contributed by atoms with Gasteiger partial charge in [-0.05, 0) is 101 Å². The molecule has 0 fully saturated rings. The molecule has 0 bridgehead atoms. The van der Waals surface area contributed by atoms with Gasteiger partial charge in [-0.1, -0.05) is 71.2 Å². The standard InChI is InChI=1S/C36H37Cl2F3O4S/c1-22-7-9-23(10-8-22)21-43-27(30-20-19-29(46-30)24-11-15-26(16-12-24)36(39,40)41)17-13-25-14-18-28(32(38)31(25)37)44-35(5,6)33(42)45-34(2,3)4/h7-12,14-16,18-20,27H,13,17,21H2,1-6H3. The summed E-state index contributed by atoms with van der Waals surface area (Å²) in [6.45, 7) is 10.9. The van der Waals surface area contributed by atoms with E-state index in [0.717, 1.165) is 38.6 Å². The van der Waals surface area contributed by atoms with Crippen LogP contribution in [0.5, 0.6) is 5.75 Å². The quantitative estimate of drug-likeness (QED) is 0.147. The lowest BCUT2D eigenvalue weighted by Crippen LogP contribution is -2.43. The van der Waals surface area contributed by atoms with Crippen molar-refractivity contribution in [1.29, 1.82) is 0 Å². The second kappa shape index (κ2) is 14.4. The molecule has 0 radical (unpaired) electrons. The van der Waals surface area contributed by atoms with Gasteiger partial charge >= 0.3 is 12.1 Å². The number of benzene rings is 3. The summed E-state index contributed by atoms with van der Waals surface area (Å²) in [4.78, 5) is 14.5. The van der Waals surface area contributed by atoms with Crippen molar-refractivity contribution in [2.24, 2.45) is 0 Å². The highest BCUT2D eigenvalue weighted by Gasteiger charge is 2.36. The van der Waals surface area contributed by atoms with Gasteiger partial charge in [0, 0.05) is 9.75 Å². The fraction of sp³-hybridized carbons (Fsp3) is 0.361. The van der Waals surface area contributed by atoms with Crippen LogP contribution >= 0.6 is 34.5 Å². The first-order chi connectivity index (χ1) is 21.4. The third kappa shape index (κ3) is 9.50. The minimum Gasteiger partial charge on any atom is -0.475 e. The number of rotatable bonds is 11. The first-order valence-electron chi connectivity index (χ1n) is 14.8. The average molecular weight is 694 g/mol. The number of thiophene rings is 1. The molecule has 4 aromatic rings. The van der Waals surface area contributed by atoms with Crippen LogP contribution in [-0.4, -0.2) is 17.2 Å². The zero-order valence-electron chi connectivity index (χ0n) is 26.6. The van der Waals surface area contributed by atoms with Crippen LogP contribution in [0.2, 0.25) is 10.0 Å². The van der Waals surface area contributed by atoms with Crippen molar-refractivity contribution in [1.82, 2.24) is 0 Å². The summed E-state index contributed by atoms with van der Waals surface area (Å²) in [5, 5.41) is 0.502. The lowest BCUT2D eigenvalue weighted by Gasteiger charge is -2.29. The minimum absolute atomic E-state index is 0.189. The van der Waals surface area contributed by atoms with Gasteiger partial charge in [0.2, 0.25) is 0 Å². The Morgan fingerprint density at radius 2 is 1.50 bits per heavy atom. The molecule has 10 heteroatoms. The Labute approximate surface area is 282 Å². The Hall–Kier alpha value is -3.04. The van der Waals surface area contributed by atoms with E-state index >= 15 is 0 Å². The van der Waals surface area contributed by atoms with Crippen molar-refractivity contribution in [2.75, 3.05) is 0 Å². The maximum Gasteiger partial charge on any atom is 0.416 e. The highest BCUT2D eigenvalue weighted by atomic mass is 35.5. The number of alkyl halides is 3. The number of hydrogen-bond donors (Lipinski definition) is 0. The van der Waals surface area contributed by atoms with Crippen LogP contribution in [0.1, 0.15) is 74.3 Å². The van der Waals surface area contributed by atoms with Crippen LogP contribution in [0.25, 0.3) is 10.4 Å². The van der Waals surface area contributed by atoms with E-state index in [9.17, 15) is 18.0 Å². The molecule has 1 aromatic heterocycles. The molecule has 1 unspecified atom stereocenters. The largest absolute Gasteiger partial charge is 0.475 e. The second-order valence-electron chi connectivity index (χ2n) is 12.6. The van der Waals surface area contributed by atoms with Crippen LogP contribution < -0.4 is 4.74 Å². The molecule has 246 valence electrons. The first-order valence-corrected chi connectivity index (χ1v) is 16.3. The molecule has 46 heavy (non-hydrogen) atoms. The number of carbonyl (C=O) groups is 1. The molecule has 0 spiro atoms. The van der Waals surface area contributed by atoms with Crippen LogP contribution in [0.4, 0.5) is 13.2 Å². The number of carbonyl (C=O) groups excluding carboxylic acids is 1. The van der Waals surface area contributed by atoms with Crippen molar-refractivity contribution in [3.05, 3.63) is 110 Å². The molecule has 0 N–H and O–H groups in total. The third-order valence-electron chi connectivity index (χ3n) is 7.07. The SMILES string of the molecule is Cc1ccc(COC(CCc2ccc(OC(C)(C)C(=O)OC(C)(C)C)c(Cl)c2Cl)c2ccc(-c3ccc(C(F)(F)F)cc3)s2)cc1. The summed E-state index contributed by atoms with van der Waals surface area (Å²) < 4.78 is 57.1. The van der Waals surface area contributed by atoms with Crippen LogP contribution in [0.15, 0.2) is 72.8 Å². The molecule has 1 atom stereocenters. The van der Waals surface area contributed by atoms with E-state index in [1.54, 1.807) is 40.7 Å². The number of esters is 1. The summed E-state index contributed by atoms with van der Waals surface area (Å²) in [5.74, 6) is -0.269. The Kier molecular flexibility index (Phi) is 11.2. The molecule has 0 amide bonds. The van der Waals surface area contributed by atoms with Crippen molar-refractivity contribution in [3.63, 3.8) is 0 Å². The number of halogens is 5. The normalized spacial score (nSPS) is 13.0. The lowest BCUT2D eigenvalue weighted by molar-refractivity contribution is -0.170. The van der Waals surface area contributed by atoms with Crippen LogP contribution in [0, 0.1) is 6.92 Å². The van der Waals surface area contributed by atoms with Crippen LogP contribution in [-0.2, 0) is 33.5 Å². The molecule has 0 saturated heterocycles. The van der Waals surface area contributed by atoms with E-state index in [2.05, 4.69) is 0 Å². The monoisotopic (exact) mass is 692 g/mol. The number of aryl methyl sites for hydroxylation is 2. The summed E-state index contributed by atoms with van der Waals surface area (Å²) in [5.41, 5.74) is 0.966. The topological polar surface area (TPSA) is 44.8 Å². The maximum atomic E-state index is 13.1. The Morgan fingerprint density at radius 1 is 0.848 bits per heavy atom. The molecular weight excluding hydrogens is 656 g/mol.